The summed E-state index contributed by atoms with van der Waals surface area (Å²) in [6, 6.07) is 0. The first-order valence-corrected chi connectivity index (χ1v) is 4.80. The SMILES string of the molecule is O=C(O)c1nc(C(F)(F)F)nc2c1CNCC2. The third-order valence-corrected chi connectivity index (χ3v) is 2.39. The molecule has 1 aliphatic rings. The summed E-state index contributed by atoms with van der Waals surface area (Å²) >= 11 is 0. The number of carboxylic acid groups (broad SMARTS) is 1. The molecular weight excluding hydrogens is 239 g/mol. The second-order valence-corrected chi connectivity index (χ2v) is 3.55. The van der Waals surface area contributed by atoms with Crippen LogP contribution in [0.25, 0.3) is 0 Å². The Hall–Kier alpha value is -1.70. The van der Waals surface area contributed by atoms with Gasteiger partial charge in [0.1, 0.15) is 0 Å². The Morgan fingerprint density at radius 2 is 2.06 bits per heavy atom. The van der Waals surface area contributed by atoms with Gasteiger partial charge in [0.05, 0.1) is 5.69 Å². The monoisotopic (exact) mass is 247 g/mol. The summed E-state index contributed by atoms with van der Waals surface area (Å²) in [5.74, 6) is -2.87. The average Bonchev–Trinajstić information content (AvgIpc) is 2.26. The summed E-state index contributed by atoms with van der Waals surface area (Å²) in [7, 11) is 0. The van der Waals surface area contributed by atoms with Crippen molar-refractivity contribution in [3.8, 4) is 0 Å². The van der Waals surface area contributed by atoms with Crippen molar-refractivity contribution < 1.29 is 23.1 Å². The van der Waals surface area contributed by atoms with Crippen LogP contribution < -0.4 is 5.32 Å². The first-order chi connectivity index (χ1) is 7.89. The molecule has 0 aliphatic carbocycles. The lowest BCUT2D eigenvalue weighted by atomic mass is 10.1. The topological polar surface area (TPSA) is 75.1 Å². The molecule has 0 saturated heterocycles. The lowest BCUT2D eigenvalue weighted by Crippen LogP contribution is -2.29. The number of alkyl halides is 3. The molecule has 2 rings (SSSR count). The highest BCUT2D eigenvalue weighted by molar-refractivity contribution is 5.87. The molecule has 0 unspecified atom stereocenters. The van der Waals surface area contributed by atoms with E-state index in [1.165, 1.54) is 0 Å². The minimum atomic E-state index is -4.73. The number of carboxylic acids is 1. The van der Waals surface area contributed by atoms with Crippen LogP contribution in [0.1, 0.15) is 27.6 Å². The molecule has 2 heterocycles. The van der Waals surface area contributed by atoms with E-state index >= 15 is 0 Å². The van der Waals surface area contributed by atoms with Gasteiger partial charge in [-0.1, -0.05) is 0 Å². The molecule has 1 aromatic heterocycles. The minimum Gasteiger partial charge on any atom is -0.476 e. The molecule has 8 heteroatoms. The third-order valence-electron chi connectivity index (χ3n) is 2.39. The van der Waals surface area contributed by atoms with Crippen LogP contribution in [0.2, 0.25) is 0 Å². The standard InChI is InChI=1S/C9H8F3N3O2/c10-9(11,12)8-14-5-1-2-13-3-4(5)6(15-8)7(16)17/h13H,1-3H2,(H,16,17). The van der Waals surface area contributed by atoms with Gasteiger partial charge in [0.15, 0.2) is 5.69 Å². The molecule has 2 N–H and O–H groups in total. The second kappa shape index (κ2) is 3.95. The minimum absolute atomic E-state index is 0.156. The highest BCUT2D eigenvalue weighted by atomic mass is 19.4. The van der Waals surface area contributed by atoms with Gasteiger partial charge in [0, 0.05) is 25.1 Å². The largest absolute Gasteiger partial charge is 0.476 e. The molecule has 17 heavy (non-hydrogen) atoms. The number of halogens is 3. The number of nitrogens with zero attached hydrogens (tertiary/aromatic N) is 2. The zero-order valence-electron chi connectivity index (χ0n) is 8.51. The molecule has 0 spiro atoms. The van der Waals surface area contributed by atoms with Crippen LogP contribution in [0.3, 0.4) is 0 Å². The lowest BCUT2D eigenvalue weighted by Gasteiger charge is -2.19. The summed E-state index contributed by atoms with van der Waals surface area (Å²) in [5.41, 5.74) is -0.185. The van der Waals surface area contributed by atoms with Gasteiger partial charge in [-0.3, -0.25) is 0 Å². The Kier molecular flexibility index (Phi) is 2.74. The van der Waals surface area contributed by atoms with Crippen LogP contribution in [0.4, 0.5) is 13.2 Å². The van der Waals surface area contributed by atoms with Crippen LogP contribution in [0, 0.1) is 0 Å². The van der Waals surface area contributed by atoms with Gasteiger partial charge in [-0.2, -0.15) is 13.2 Å². The molecule has 0 bridgehead atoms. The fraction of sp³-hybridized carbons (Fsp3) is 0.444. The van der Waals surface area contributed by atoms with E-state index < -0.39 is 23.7 Å². The highest BCUT2D eigenvalue weighted by Crippen LogP contribution is 2.28. The summed E-state index contributed by atoms with van der Waals surface area (Å²) in [6.07, 6.45) is -4.47. The zero-order chi connectivity index (χ0) is 12.6. The number of hydrogen-bond acceptors (Lipinski definition) is 4. The second-order valence-electron chi connectivity index (χ2n) is 3.55. The Balaban J connectivity index is 2.60. The van der Waals surface area contributed by atoms with Crippen molar-refractivity contribution in [1.82, 2.24) is 15.3 Å². The van der Waals surface area contributed by atoms with Crippen LogP contribution in [0.5, 0.6) is 0 Å². The normalized spacial score (nSPS) is 15.5. The van der Waals surface area contributed by atoms with E-state index in [4.69, 9.17) is 5.11 Å². The zero-order valence-corrected chi connectivity index (χ0v) is 8.51. The first kappa shape index (κ1) is 11.8. The molecule has 0 fully saturated rings. The lowest BCUT2D eigenvalue weighted by molar-refractivity contribution is -0.145. The number of aromatic carboxylic acids is 1. The summed E-state index contributed by atoms with van der Waals surface area (Å²) < 4.78 is 37.4. The molecule has 0 atom stereocenters. The van der Waals surface area contributed by atoms with Gasteiger partial charge in [-0.05, 0) is 0 Å². The van der Waals surface area contributed by atoms with E-state index in [1.54, 1.807) is 0 Å². The van der Waals surface area contributed by atoms with Crippen molar-refractivity contribution >= 4 is 5.97 Å². The Morgan fingerprint density at radius 3 is 2.65 bits per heavy atom. The van der Waals surface area contributed by atoms with Crippen molar-refractivity contribution in [3.05, 3.63) is 22.8 Å². The number of fused-ring (bicyclic) bond motifs is 1. The van der Waals surface area contributed by atoms with Gasteiger partial charge >= 0.3 is 12.1 Å². The number of carbonyl (C=O) groups is 1. The highest BCUT2D eigenvalue weighted by Gasteiger charge is 2.37. The van der Waals surface area contributed by atoms with E-state index in [-0.39, 0.29) is 24.2 Å². The Morgan fingerprint density at radius 1 is 1.35 bits per heavy atom. The van der Waals surface area contributed by atoms with Gasteiger partial charge < -0.3 is 10.4 Å². The molecule has 92 valence electrons. The molecule has 0 amide bonds. The fourth-order valence-electron chi connectivity index (χ4n) is 1.65. The Bertz CT molecular complexity index is 473. The molecule has 0 radical (unpaired) electrons. The van der Waals surface area contributed by atoms with Gasteiger partial charge in [0.2, 0.25) is 5.82 Å². The molecule has 0 aromatic carbocycles. The summed E-state index contributed by atoms with van der Waals surface area (Å²) in [5, 5.41) is 11.7. The van der Waals surface area contributed by atoms with Gasteiger partial charge in [-0.25, -0.2) is 14.8 Å². The van der Waals surface area contributed by atoms with E-state index in [0.29, 0.717) is 6.54 Å². The van der Waals surface area contributed by atoms with Crippen molar-refractivity contribution in [2.75, 3.05) is 6.54 Å². The van der Waals surface area contributed by atoms with E-state index in [2.05, 4.69) is 15.3 Å². The predicted molar refractivity (Wildman–Crippen MR) is 49.4 cm³/mol. The van der Waals surface area contributed by atoms with Crippen molar-refractivity contribution in [1.29, 1.82) is 0 Å². The summed E-state index contributed by atoms with van der Waals surface area (Å²) in [6.45, 7) is 0.648. The van der Waals surface area contributed by atoms with E-state index in [0.717, 1.165) is 0 Å². The van der Waals surface area contributed by atoms with E-state index in [9.17, 15) is 18.0 Å². The van der Waals surface area contributed by atoms with Crippen LogP contribution in [-0.4, -0.2) is 27.6 Å². The van der Waals surface area contributed by atoms with Crippen LogP contribution in [0.15, 0.2) is 0 Å². The van der Waals surface area contributed by atoms with Crippen molar-refractivity contribution in [2.45, 2.75) is 19.1 Å². The summed E-state index contributed by atoms with van der Waals surface area (Å²) in [4.78, 5) is 17.3. The van der Waals surface area contributed by atoms with Gasteiger partial charge in [0.25, 0.3) is 0 Å². The maximum atomic E-state index is 12.5. The molecule has 1 aliphatic heterocycles. The number of nitrogens with one attached hydrogen (secondary N) is 1. The molecule has 5 nitrogen and oxygen atoms in total. The first-order valence-electron chi connectivity index (χ1n) is 4.80. The third kappa shape index (κ3) is 2.21. The van der Waals surface area contributed by atoms with Crippen LogP contribution >= 0.6 is 0 Å². The van der Waals surface area contributed by atoms with E-state index in [1.807, 2.05) is 0 Å². The van der Waals surface area contributed by atoms with Crippen molar-refractivity contribution in [2.24, 2.45) is 0 Å². The smallest absolute Gasteiger partial charge is 0.451 e. The Labute approximate surface area is 93.7 Å². The van der Waals surface area contributed by atoms with Crippen LogP contribution in [-0.2, 0) is 19.1 Å². The molecule has 1 aromatic rings. The quantitative estimate of drug-likeness (QED) is 0.769. The average molecular weight is 247 g/mol. The van der Waals surface area contributed by atoms with Crippen molar-refractivity contribution in [3.63, 3.8) is 0 Å². The molecular formula is C9H8F3N3O2. The predicted octanol–water partition coefficient (Wildman–Crippen LogP) is 0.839. The number of rotatable bonds is 1. The molecule has 0 saturated carbocycles. The number of aromatic nitrogens is 2. The van der Waals surface area contributed by atoms with Gasteiger partial charge in [-0.15, -0.1) is 0 Å². The fourth-order valence-corrected chi connectivity index (χ4v) is 1.65. The maximum Gasteiger partial charge on any atom is 0.451 e. The maximum absolute atomic E-state index is 12.5. The number of hydrogen-bond donors (Lipinski definition) is 2.